The molecule has 0 amide bonds. The number of aryl methyl sites for hydroxylation is 1. The van der Waals surface area contributed by atoms with Crippen LogP contribution in [0, 0.1) is 6.92 Å². The van der Waals surface area contributed by atoms with E-state index in [1.807, 2.05) is 43.3 Å². The Hall–Kier alpha value is -3.28. The molecule has 120 valence electrons. The third-order valence-electron chi connectivity index (χ3n) is 3.52. The molecule has 3 rings (SSSR count). The van der Waals surface area contributed by atoms with Crippen LogP contribution in [0.5, 0.6) is 0 Å². The number of rotatable bonds is 5. The Kier molecular flexibility index (Phi) is 4.47. The number of carbonyl (C=O) groups is 1. The second-order valence-corrected chi connectivity index (χ2v) is 5.40. The largest absolute Gasteiger partial charge is 0.362 e. The standard InChI is InChI=1S/C18H17N5O/c1-13-6-8-17(9-7-13)23-18(20-21-22-23)10-11-19-16-5-3-4-15(12-16)14(2)24/h3-12,19H,1-2H3/b11-10+. The zero-order valence-electron chi connectivity index (χ0n) is 13.5. The Labute approximate surface area is 139 Å². The van der Waals surface area contributed by atoms with E-state index in [9.17, 15) is 4.79 Å². The van der Waals surface area contributed by atoms with Crippen molar-refractivity contribution in [3.63, 3.8) is 0 Å². The molecule has 1 heterocycles. The summed E-state index contributed by atoms with van der Waals surface area (Å²) in [4.78, 5) is 11.4. The first-order valence-electron chi connectivity index (χ1n) is 7.53. The molecule has 0 saturated carbocycles. The highest BCUT2D eigenvalue weighted by Gasteiger charge is 2.05. The van der Waals surface area contributed by atoms with Gasteiger partial charge < -0.3 is 5.32 Å². The van der Waals surface area contributed by atoms with Crippen LogP contribution in [0.3, 0.4) is 0 Å². The van der Waals surface area contributed by atoms with Gasteiger partial charge in [-0.15, -0.1) is 5.10 Å². The SMILES string of the molecule is CC(=O)c1cccc(N/C=C/c2nnnn2-c2ccc(C)cc2)c1. The first-order valence-corrected chi connectivity index (χ1v) is 7.53. The average Bonchev–Trinajstić information content (AvgIpc) is 3.04. The van der Waals surface area contributed by atoms with Gasteiger partial charge in [-0.05, 0) is 48.5 Å². The zero-order chi connectivity index (χ0) is 16.9. The van der Waals surface area contributed by atoms with Gasteiger partial charge in [0.2, 0.25) is 0 Å². The summed E-state index contributed by atoms with van der Waals surface area (Å²) in [5, 5.41) is 14.9. The van der Waals surface area contributed by atoms with Gasteiger partial charge in [-0.3, -0.25) is 4.79 Å². The lowest BCUT2D eigenvalue weighted by molar-refractivity contribution is 0.101. The van der Waals surface area contributed by atoms with E-state index in [4.69, 9.17) is 0 Å². The molecule has 0 bridgehead atoms. The molecule has 1 N–H and O–H groups in total. The van der Waals surface area contributed by atoms with E-state index in [1.54, 1.807) is 36.0 Å². The number of nitrogens with zero attached hydrogens (tertiary/aromatic N) is 4. The monoisotopic (exact) mass is 319 g/mol. The summed E-state index contributed by atoms with van der Waals surface area (Å²) in [6.07, 6.45) is 3.52. The first kappa shape index (κ1) is 15.6. The smallest absolute Gasteiger partial charge is 0.181 e. The van der Waals surface area contributed by atoms with Crippen molar-refractivity contribution in [2.75, 3.05) is 5.32 Å². The van der Waals surface area contributed by atoms with E-state index in [0.717, 1.165) is 11.4 Å². The van der Waals surface area contributed by atoms with Crippen LogP contribution in [-0.4, -0.2) is 26.0 Å². The highest BCUT2D eigenvalue weighted by atomic mass is 16.1. The number of anilines is 1. The molecule has 0 aliphatic heterocycles. The molecule has 3 aromatic rings. The van der Waals surface area contributed by atoms with Crippen molar-refractivity contribution in [2.45, 2.75) is 13.8 Å². The van der Waals surface area contributed by atoms with Crippen molar-refractivity contribution < 1.29 is 4.79 Å². The summed E-state index contributed by atoms with van der Waals surface area (Å²) in [7, 11) is 0. The summed E-state index contributed by atoms with van der Waals surface area (Å²) >= 11 is 0. The molecule has 0 atom stereocenters. The van der Waals surface area contributed by atoms with Crippen LogP contribution in [0.4, 0.5) is 5.69 Å². The molecule has 0 aliphatic carbocycles. The highest BCUT2D eigenvalue weighted by Crippen LogP contribution is 2.13. The van der Waals surface area contributed by atoms with Crippen molar-refractivity contribution in [1.82, 2.24) is 20.2 Å². The lowest BCUT2D eigenvalue weighted by atomic mass is 10.1. The molecule has 1 aromatic heterocycles. The molecule has 0 aliphatic rings. The lowest BCUT2D eigenvalue weighted by Gasteiger charge is -2.03. The van der Waals surface area contributed by atoms with Gasteiger partial charge in [-0.25, -0.2) is 0 Å². The highest BCUT2D eigenvalue weighted by molar-refractivity contribution is 5.94. The van der Waals surface area contributed by atoms with Crippen molar-refractivity contribution in [2.24, 2.45) is 0 Å². The molecule has 0 spiro atoms. The van der Waals surface area contributed by atoms with E-state index < -0.39 is 0 Å². The number of carbonyl (C=O) groups excluding carboxylic acids is 1. The summed E-state index contributed by atoms with van der Waals surface area (Å²) in [5.74, 6) is 0.639. The van der Waals surface area contributed by atoms with Crippen LogP contribution in [0.1, 0.15) is 28.7 Å². The lowest BCUT2D eigenvalue weighted by Crippen LogP contribution is -2.00. The second kappa shape index (κ2) is 6.87. The van der Waals surface area contributed by atoms with Gasteiger partial charge in [0, 0.05) is 23.5 Å². The quantitative estimate of drug-likeness (QED) is 0.731. The molecular formula is C18H17N5O. The Morgan fingerprint density at radius 3 is 2.71 bits per heavy atom. The van der Waals surface area contributed by atoms with Gasteiger partial charge in [0.1, 0.15) is 0 Å². The van der Waals surface area contributed by atoms with Crippen molar-refractivity contribution in [1.29, 1.82) is 0 Å². The Bertz CT molecular complexity index is 880. The zero-order valence-corrected chi connectivity index (χ0v) is 13.5. The van der Waals surface area contributed by atoms with E-state index in [-0.39, 0.29) is 5.78 Å². The van der Waals surface area contributed by atoms with Crippen LogP contribution >= 0.6 is 0 Å². The molecule has 2 aromatic carbocycles. The summed E-state index contributed by atoms with van der Waals surface area (Å²) in [6.45, 7) is 3.58. The third-order valence-corrected chi connectivity index (χ3v) is 3.52. The van der Waals surface area contributed by atoms with E-state index in [2.05, 4.69) is 20.8 Å². The Morgan fingerprint density at radius 2 is 1.96 bits per heavy atom. The minimum atomic E-state index is 0.0333. The summed E-state index contributed by atoms with van der Waals surface area (Å²) in [5.41, 5.74) is 3.56. The number of ketones is 1. The predicted octanol–water partition coefficient (Wildman–Crippen LogP) is 3.26. The summed E-state index contributed by atoms with van der Waals surface area (Å²) in [6, 6.07) is 15.3. The Balaban J connectivity index is 1.76. The average molecular weight is 319 g/mol. The number of nitrogens with one attached hydrogen (secondary N) is 1. The van der Waals surface area contributed by atoms with Crippen molar-refractivity contribution in [3.05, 3.63) is 71.7 Å². The van der Waals surface area contributed by atoms with E-state index in [1.165, 1.54) is 5.56 Å². The third kappa shape index (κ3) is 3.55. The molecule has 0 fully saturated rings. The van der Waals surface area contributed by atoms with Crippen LogP contribution in [-0.2, 0) is 0 Å². The Morgan fingerprint density at radius 1 is 1.17 bits per heavy atom. The van der Waals surface area contributed by atoms with Crippen molar-refractivity contribution >= 4 is 17.5 Å². The topological polar surface area (TPSA) is 72.7 Å². The van der Waals surface area contributed by atoms with Crippen LogP contribution in [0.25, 0.3) is 11.8 Å². The van der Waals surface area contributed by atoms with Gasteiger partial charge in [-0.1, -0.05) is 29.8 Å². The van der Waals surface area contributed by atoms with Gasteiger partial charge in [0.05, 0.1) is 5.69 Å². The fourth-order valence-electron chi connectivity index (χ4n) is 2.21. The predicted molar refractivity (Wildman–Crippen MR) is 93.0 cm³/mol. The minimum Gasteiger partial charge on any atom is -0.362 e. The maximum absolute atomic E-state index is 11.4. The maximum Gasteiger partial charge on any atom is 0.181 e. The van der Waals surface area contributed by atoms with Gasteiger partial charge in [0.25, 0.3) is 0 Å². The maximum atomic E-state index is 11.4. The first-order chi connectivity index (χ1) is 11.6. The number of hydrogen-bond acceptors (Lipinski definition) is 5. The minimum absolute atomic E-state index is 0.0333. The van der Waals surface area contributed by atoms with E-state index >= 15 is 0 Å². The number of hydrogen-bond donors (Lipinski definition) is 1. The van der Waals surface area contributed by atoms with E-state index in [0.29, 0.717) is 11.4 Å². The molecule has 24 heavy (non-hydrogen) atoms. The normalized spacial score (nSPS) is 10.9. The molecule has 6 nitrogen and oxygen atoms in total. The number of Topliss-reactive ketones (excluding diaryl/α,β-unsaturated/α-hetero) is 1. The number of tetrazole rings is 1. The fourth-order valence-corrected chi connectivity index (χ4v) is 2.21. The van der Waals surface area contributed by atoms with Crippen molar-refractivity contribution in [3.8, 4) is 5.69 Å². The molecule has 6 heteroatoms. The number of benzene rings is 2. The molecule has 0 saturated heterocycles. The van der Waals surface area contributed by atoms with Crippen LogP contribution in [0.2, 0.25) is 0 Å². The van der Waals surface area contributed by atoms with Gasteiger partial charge in [-0.2, -0.15) is 4.68 Å². The molecule has 0 radical (unpaired) electrons. The van der Waals surface area contributed by atoms with Gasteiger partial charge in [0.15, 0.2) is 11.6 Å². The van der Waals surface area contributed by atoms with Crippen LogP contribution < -0.4 is 5.32 Å². The second-order valence-electron chi connectivity index (χ2n) is 5.40. The number of aromatic nitrogens is 4. The van der Waals surface area contributed by atoms with Gasteiger partial charge >= 0.3 is 0 Å². The van der Waals surface area contributed by atoms with Crippen LogP contribution in [0.15, 0.2) is 54.7 Å². The molecule has 0 unspecified atom stereocenters. The summed E-state index contributed by atoms with van der Waals surface area (Å²) < 4.78 is 1.66. The fraction of sp³-hybridized carbons (Fsp3) is 0.111. The molecular weight excluding hydrogens is 302 g/mol.